The van der Waals surface area contributed by atoms with E-state index in [1.165, 1.54) is 28.8 Å². The van der Waals surface area contributed by atoms with Gasteiger partial charge in [-0.2, -0.15) is 0 Å². The Balaban J connectivity index is 2.15. The zero-order valence-corrected chi connectivity index (χ0v) is 16.6. The number of rotatable bonds is 9. The Hall–Kier alpha value is -1.65. The molecular weight excluding hydrogens is 328 g/mol. The highest BCUT2D eigenvalue weighted by Gasteiger charge is 2.25. The third-order valence-corrected chi connectivity index (χ3v) is 5.29. The minimum Gasteiger partial charge on any atom is -0.349 e. The molecule has 136 valence electrons. The van der Waals surface area contributed by atoms with Crippen LogP contribution < -0.4 is 10.6 Å². The van der Waals surface area contributed by atoms with E-state index < -0.39 is 0 Å². The molecule has 0 bridgehead atoms. The number of carbonyl (C=O) groups excluding carboxylic acids is 1. The first-order valence-electron chi connectivity index (χ1n) is 9.28. The first kappa shape index (κ1) is 19.7. The topological polar surface area (TPSA) is 45.7 Å². The summed E-state index contributed by atoms with van der Waals surface area (Å²) in [5, 5.41) is 7.28. The van der Waals surface area contributed by atoms with Gasteiger partial charge in [0.2, 0.25) is 0 Å². The predicted octanol–water partition coefficient (Wildman–Crippen LogP) is 3.66. The average molecular weight is 360 g/mol. The third-order valence-electron chi connectivity index (χ3n) is 4.33. The van der Waals surface area contributed by atoms with E-state index in [0.29, 0.717) is 0 Å². The minimum absolute atomic E-state index is 0.0936. The van der Waals surface area contributed by atoms with E-state index in [1.807, 2.05) is 20.8 Å². The Kier molecular flexibility index (Phi) is 7.66. The van der Waals surface area contributed by atoms with Crippen LogP contribution >= 0.6 is 11.3 Å². The van der Waals surface area contributed by atoms with Crippen molar-refractivity contribution in [3.8, 4) is 0 Å². The molecule has 0 aliphatic rings. The van der Waals surface area contributed by atoms with E-state index in [4.69, 9.17) is 0 Å². The van der Waals surface area contributed by atoms with Crippen molar-refractivity contribution in [3.63, 3.8) is 0 Å². The van der Waals surface area contributed by atoms with Crippen molar-refractivity contribution in [2.45, 2.75) is 65.1 Å². The Morgan fingerprint density at radius 1 is 1.16 bits per heavy atom. The molecule has 2 atom stereocenters. The molecule has 0 spiro atoms. The zero-order valence-electron chi connectivity index (χ0n) is 15.8. The van der Waals surface area contributed by atoms with E-state index in [1.54, 1.807) is 11.3 Å². The van der Waals surface area contributed by atoms with E-state index in [-0.39, 0.29) is 24.0 Å². The molecule has 2 aromatic rings. The molecule has 0 radical (unpaired) electrons. The second kappa shape index (κ2) is 9.73. The van der Waals surface area contributed by atoms with Gasteiger partial charge in [0.15, 0.2) is 6.04 Å². The fraction of sp³-hybridized carbons (Fsp3) is 0.476. The molecule has 1 aromatic heterocycles. The largest absolute Gasteiger partial charge is 0.349 e. The average Bonchev–Trinajstić information content (AvgIpc) is 3.12. The molecule has 2 rings (SSSR count). The molecule has 3 nitrogen and oxygen atoms in total. The molecule has 0 saturated carbocycles. The lowest BCUT2D eigenvalue weighted by molar-refractivity contribution is -0.704. The number of hydrogen-bond acceptors (Lipinski definition) is 2. The first-order chi connectivity index (χ1) is 12.0. The summed E-state index contributed by atoms with van der Waals surface area (Å²) in [6.07, 6.45) is 3.58. The van der Waals surface area contributed by atoms with Crippen LogP contribution in [-0.2, 0) is 11.2 Å². The van der Waals surface area contributed by atoms with Crippen molar-refractivity contribution in [1.82, 2.24) is 5.32 Å². The Morgan fingerprint density at radius 3 is 2.44 bits per heavy atom. The standard InChI is InChI=1S/C21H30N2OS/c1-5-6-8-17-10-12-18(13-11-17)20(19-9-7-14-25-19)23-16(4)21(24)22-15(2)3/h7,9-16,20,23H,5-6,8H2,1-4H3,(H,22,24)/p+1/t16-,20-/m1/s1. The molecule has 3 N–H and O–H groups in total. The number of nitrogens with one attached hydrogen (secondary N) is 1. The summed E-state index contributed by atoms with van der Waals surface area (Å²) >= 11 is 1.75. The lowest BCUT2D eigenvalue weighted by atomic mass is 10.0. The van der Waals surface area contributed by atoms with Gasteiger partial charge in [-0.25, -0.2) is 0 Å². The van der Waals surface area contributed by atoms with Gasteiger partial charge in [0.05, 0.1) is 4.88 Å². The van der Waals surface area contributed by atoms with Crippen LogP contribution in [0, 0.1) is 0 Å². The van der Waals surface area contributed by atoms with Gasteiger partial charge in [-0.1, -0.05) is 43.7 Å². The van der Waals surface area contributed by atoms with Gasteiger partial charge in [0.1, 0.15) is 6.04 Å². The highest BCUT2D eigenvalue weighted by molar-refractivity contribution is 7.10. The zero-order chi connectivity index (χ0) is 18.2. The third kappa shape index (κ3) is 5.98. The van der Waals surface area contributed by atoms with Gasteiger partial charge in [-0.15, -0.1) is 11.3 Å². The number of quaternary nitrogens is 1. The van der Waals surface area contributed by atoms with E-state index in [2.05, 4.69) is 59.3 Å². The molecule has 0 fully saturated rings. The van der Waals surface area contributed by atoms with Crippen molar-refractivity contribution < 1.29 is 10.1 Å². The molecule has 0 aliphatic carbocycles. The number of thiophene rings is 1. The van der Waals surface area contributed by atoms with Crippen LogP contribution in [0.2, 0.25) is 0 Å². The van der Waals surface area contributed by atoms with Crippen molar-refractivity contribution in [2.75, 3.05) is 0 Å². The van der Waals surface area contributed by atoms with Gasteiger partial charge in [-0.3, -0.25) is 4.79 Å². The molecule has 25 heavy (non-hydrogen) atoms. The fourth-order valence-electron chi connectivity index (χ4n) is 2.90. The maximum Gasteiger partial charge on any atom is 0.278 e. The molecule has 1 aromatic carbocycles. The highest BCUT2D eigenvalue weighted by atomic mass is 32.1. The molecular formula is C21H31N2OS+. The summed E-state index contributed by atoms with van der Waals surface area (Å²) in [5.41, 5.74) is 2.65. The number of carbonyl (C=O) groups is 1. The molecule has 0 saturated heterocycles. The van der Waals surface area contributed by atoms with Gasteiger partial charge >= 0.3 is 0 Å². The maximum absolute atomic E-state index is 12.3. The predicted molar refractivity (Wildman–Crippen MR) is 106 cm³/mol. The van der Waals surface area contributed by atoms with Crippen LogP contribution in [0.3, 0.4) is 0 Å². The SMILES string of the molecule is CCCCc1ccc([C@@H]([NH2+][C@H](C)C(=O)NC(C)C)c2cccs2)cc1. The smallest absolute Gasteiger partial charge is 0.278 e. The summed E-state index contributed by atoms with van der Waals surface area (Å²) in [4.78, 5) is 13.6. The quantitative estimate of drug-likeness (QED) is 0.705. The van der Waals surface area contributed by atoms with Crippen LogP contribution in [0.4, 0.5) is 0 Å². The number of nitrogens with two attached hydrogens (primary N) is 1. The van der Waals surface area contributed by atoms with Crippen molar-refractivity contribution in [1.29, 1.82) is 0 Å². The lowest BCUT2D eigenvalue weighted by Gasteiger charge is -2.20. The summed E-state index contributed by atoms with van der Waals surface area (Å²) < 4.78 is 0. The van der Waals surface area contributed by atoms with E-state index in [9.17, 15) is 4.79 Å². The normalized spacial score (nSPS) is 13.6. The monoisotopic (exact) mass is 359 g/mol. The van der Waals surface area contributed by atoms with Crippen LogP contribution in [0.1, 0.15) is 62.6 Å². The highest BCUT2D eigenvalue weighted by Crippen LogP contribution is 2.23. The number of benzene rings is 1. The van der Waals surface area contributed by atoms with Gasteiger partial charge in [0.25, 0.3) is 5.91 Å². The van der Waals surface area contributed by atoms with Crippen LogP contribution in [0.15, 0.2) is 41.8 Å². The summed E-state index contributed by atoms with van der Waals surface area (Å²) in [7, 11) is 0. The number of unbranched alkanes of at least 4 members (excludes halogenated alkanes) is 1. The van der Waals surface area contributed by atoms with Crippen molar-refractivity contribution in [2.24, 2.45) is 0 Å². The molecule has 1 heterocycles. The Morgan fingerprint density at radius 2 is 1.88 bits per heavy atom. The first-order valence-corrected chi connectivity index (χ1v) is 10.2. The van der Waals surface area contributed by atoms with Crippen molar-refractivity contribution >= 4 is 17.2 Å². The Bertz CT molecular complexity index is 634. The van der Waals surface area contributed by atoms with E-state index >= 15 is 0 Å². The number of amides is 1. The summed E-state index contributed by atoms with van der Waals surface area (Å²) in [6, 6.07) is 13.3. The van der Waals surface area contributed by atoms with Crippen LogP contribution in [0.25, 0.3) is 0 Å². The molecule has 0 aliphatic heterocycles. The Labute approximate surface area is 155 Å². The van der Waals surface area contributed by atoms with Crippen LogP contribution in [-0.4, -0.2) is 18.0 Å². The van der Waals surface area contributed by atoms with Gasteiger partial charge in [0, 0.05) is 11.6 Å². The molecule has 1 amide bonds. The molecule has 4 heteroatoms. The minimum atomic E-state index is -0.130. The molecule has 0 unspecified atom stereocenters. The number of hydrogen-bond donors (Lipinski definition) is 2. The van der Waals surface area contributed by atoms with Gasteiger partial charge < -0.3 is 10.6 Å². The second-order valence-electron chi connectivity index (χ2n) is 6.98. The number of aryl methyl sites for hydroxylation is 1. The van der Waals surface area contributed by atoms with E-state index in [0.717, 1.165) is 6.42 Å². The van der Waals surface area contributed by atoms with Crippen LogP contribution in [0.5, 0.6) is 0 Å². The fourth-order valence-corrected chi connectivity index (χ4v) is 3.74. The van der Waals surface area contributed by atoms with Gasteiger partial charge in [-0.05, 0) is 50.6 Å². The lowest BCUT2D eigenvalue weighted by Crippen LogP contribution is -2.92. The maximum atomic E-state index is 12.3. The van der Waals surface area contributed by atoms with Crippen molar-refractivity contribution in [3.05, 3.63) is 57.8 Å². The second-order valence-corrected chi connectivity index (χ2v) is 7.96. The summed E-state index contributed by atoms with van der Waals surface area (Å²) in [5.74, 6) is 0.0936. The summed E-state index contributed by atoms with van der Waals surface area (Å²) in [6.45, 7) is 8.19.